The highest BCUT2D eigenvalue weighted by molar-refractivity contribution is 5.86. The van der Waals surface area contributed by atoms with Crippen LogP contribution in [-0.4, -0.2) is 11.4 Å². The molecule has 1 saturated carbocycles. The van der Waals surface area contributed by atoms with E-state index >= 15 is 0 Å². The molecular formula is C15H20N2O. The number of hydrogen-bond donors (Lipinski definition) is 2. The number of carbonyl (C=O) groups excluding carboxylic acids is 1. The van der Waals surface area contributed by atoms with Crippen LogP contribution in [0.2, 0.25) is 0 Å². The Hall–Kier alpha value is -1.35. The Kier molecular flexibility index (Phi) is 2.67. The summed E-state index contributed by atoms with van der Waals surface area (Å²) < 4.78 is 0. The lowest BCUT2D eigenvalue weighted by molar-refractivity contribution is -0.127. The molecule has 2 atom stereocenters. The Balaban J connectivity index is 1.73. The molecule has 0 heterocycles. The van der Waals surface area contributed by atoms with Crippen molar-refractivity contribution in [2.24, 2.45) is 11.7 Å². The third-order valence-corrected chi connectivity index (χ3v) is 4.35. The van der Waals surface area contributed by atoms with Gasteiger partial charge in [0.25, 0.3) is 0 Å². The summed E-state index contributed by atoms with van der Waals surface area (Å²) in [6.07, 6.45) is 4.21. The van der Waals surface area contributed by atoms with Gasteiger partial charge in [-0.2, -0.15) is 0 Å². The Bertz CT molecular complexity index is 477. The van der Waals surface area contributed by atoms with E-state index in [4.69, 9.17) is 5.73 Å². The van der Waals surface area contributed by atoms with Crippen LogP contribution in [0.15, 0.2) is 24.3 Å². The van der Waals surface area contributed by atoms with E-state index in [0.717, 1.165) is 25.7 Å². The van der Waals surface area contributed by atoms with Gasteiger partial charge >= 0.3 is 0 Å². The zero-order valence-electron chi connectivity index (χ0n) is 10.8. The molecule has 0 radical (unpaired) electrons. The molecule has 0 aliphatic heterocycles. The van der Waals surface area contributed by atoms with E-state index in [0.29, 0.717) is 5.92 Å². The molecule has 2 unspecified atom stereocenters. The number of rotatable bonds is 3. The van der Waals surface area contributed by atoms with Crippen LogP contribution in [0.1, 0.15) is 43.4 Å². The number of benzene rings is 1. The fourth-order valence-electron chi connectivity index (χ4n) is 2.89. The zero-order chi connectivity index (χ0) is 12.8. The normalized spacial score (nSPS) is 25.3. The van der Waals surface area contributed by atoms with E-state index in [-0.39, 0.29) is 11.9 Å². The summed E-state index contributed by atoms with van der Waals surface area (Å²) in [6, 6.07) is 8.49. The summed E-state index contributed by atoms with van der Waals surface area (Å²) in [4.78, 5) is 12.3. The van der Waals surface area contributed by atoms with Gasteiger partial charge in [0, 0.05) is 0 Å². The van der Waals surface area contributed by atoms with Gasteiger partial charge in [-0.1, -0.05) is 24.3 Å². The highest BCUT2D eigenvalue weighted by atomic mass is 16.2. The third kappa shape index (κ3) is 1.93. The van der Waals surface area contributed by atoms with Gasteiger partial charge in [0.15, 0.2) is 0 Å². The predicted octanol–water partition coefficient (Wildman–Crippen LogP) is 1.92. The molecule has 3 rings (SSSR count). The standard InChI is InChI=1S/C15H20N2O/c1-15(16,11-7-8-11)14(18)17-13-9-6-10-4-2-3-5-12(10)13/h2-5,11,13H,6-9,16H2,1H3,(H,17,18). The van der Waals surface area contributed by atoms with Gasteiger partial charge in [-0.3, -0.25) is 4.79 Å². The molecule has 3 nitrogen and oxygen atoms in total. The lowest BCUT2D eigenvalue weighted by Crippen LogP contribution is -2.53. The summed E-state index contributed by atoms with van der Waals surface area (Å²) in [5, 5.41) is 3.13. The smallest absolute Gasteiger partial charge is 0.240 e. The average molecular weight is 244 g/mol. The van der Waals surface area contributed by atoms with Crippen molar-refractivity contribution in [3.05, 3.63) is 35.4 Å². The maximum absolute atomic E-state index is 12.3. The second-order valence-corrected chi connectivity index (χ2v) is 5.82. The number of carbonyl (C=O) groups is 1. The molecule has 1 aromatic rings. The van der Waals surface area contributed by atoms with Crippen LogP contribution in [-0.2, 0) is 11.2 Å². The van der Waals surface area contributed by atoms with Crippen molar-refractivity contribution in [2.45, 2.75) is 44.2 Å². The van der Waals surface area contributed by atoms with Crippen molar-refractivity contribution >= 4 is 5.91 Å². The van der Waals surface area contributed by atoms with Gasteiger partial charge in [-0.15, -0.1) is 0 Å². The first-order valence-corrected chi connectivity index (χ1v) is 6.76. The molecule has 1 amide bonds. The topological polar surface area (TPSA) is 55.1 Å². The van der Waals surface area contributed by atoms with Crippen molar-refractivity contribution in [1.82, 2.24) is 5.32 Å². The summed E-state index contributed by atoms with van der Waals surface area (Å²) in [7, 11) is 0. The van der Waals surface area contributed by atoms with E-state index in [1.54, 1.807) is 0 Å². The first kappa shape index (κ1) is 11.7. The fourth-order valence-corrected chi connectivity index (χ4v) is 2.89. The molecule has 1 fully saturated rings. The average Bonchev–Trinajstić information content (AvgIpc) is 3.14. The summed E-state index contributed by atoms with van der Waals surface area (Å²) >= 11 is 0. The molecule has 3 N–H and O–H groups in total. The van der Waals surface area contributed by atoms with E-state index < -0.39 is 5.54 Å². The summed E-state index contributed by atoms with van der Waals surface area (Å²) in [5.41, 5.74) is 8.07. The van der Waals surface area contributed by atoms with E-state index in [2.05, 4.69) is 23.5 Å². The van der Waals surface area contributed by atoms with Crippen LogP contribution < -0.4 is 11.1 Å². The van der Waals surface area contributed by atoms with Gasteiger partial charge in [0.2, 0.25) is 5.91 Å². The Morgan fingerprint density at radius 1 is 1.33 bits per heavy atom. The number of nitrogens with one attached hydrogen (secondary N) is 1. The second kappa shape index (κ2) is 4.09. The van der Waals surface area contributed by atoms with Crippen LogP contribution in [0.5, 0.6) is 0 Å². The largest absolute Gasteiger partial charge is 0.348 e. The van der Waals surface area contributed by atoms with Crippen molar-refractivity contribution in [2.75, 3.05) is 0 Å². The number of nitrogens with two attached hydrogens (primary N) is 1. The van der Waals surface area contributed by atoms with Gasteiger partial charge in [0.05, 0.1) is 11.6 Å². The summed E-state index contributed by atoms with van der Waals surface area (Å²) in [6.45, 7) is 1.86. The van der Waals surface area contributed by atoms with Gasteiger partial charge in [0.1, 0.15) is 0 Å². The quantitative estimate of drug-likeness (QED) is 0.853. The minimum Gasteiger partial charge on any atom is -0.348 e. The maximum Gasteiger partial charge on any atom is 0.240 e. The predicted molar refractivity (Wildman–Crippen MR) is 71.0 cm³/mol. The Labute approximate surface area is 108 Å². The maximum atomic E-state index is 12.3. The molecule has 0 saturated heterocycles. The van der Waals surface area contributed by atoms with Crippen LogP contribution >= 0.6 is 0 Å². The summed E-state index contributed by atoms with van der Waals surface area (Å²) in [5.74, 6) is 0.376. The fraction of sp³-hybridized carbons (Fsp3) is 0.533. The van der Waals surface area contributed by atoms with Gasteiger partial charge < -0.3 is 11.1 Å². The number of fused-ring (bicyclic) bond motifs is 1. The van der Waals surface area contributed by atoms with E-state index in [1.807, 2.05) is 13.0 Å². The Morgan fingerprint density at radius 2 is 2.06 bits per heavy atom. The molecule has 0 bridgehead atoms. The Morgan fingerprint density at radius 3 is 2.78 bits per heavy atom. The second-order valence-electron chi connectivity index (χ2n) is 5.82. The molecule has 3 heteroatoms. The monoisotopic (exact) mass is 244 g/mol. The van der Waals surface area contributed by atoms with Crippen LogP contribution in [0.4, 0.5) is 0 Å². The highest BCUT2D eigenvalue weighted by Crippen LogP contribution is 2.39. The minimum atomic E-state index is -0.697. The van der Waals surface area contributed by atoms with E-state index in [9.17, 15) is 4.79 Å². The first-order chi connectivity index (χ1) is 8.59. The molecule has 18 heavy (non-hydrogen) atoms. The highest BCUT2D eigenvalue weighted by Gasteiger charge is 2.44. The SMILES string of the molecule is CC(N)(C(=O)NC1CCc2ccccc21)C1CC1. The van der Waals surface area contributed by atoms with Crippen LogP contribution in [0, 0.1) is 5.92 Å². The molecule has 2 aliphatic carbocycles. The van der Waals surface area contributed by atoms with E-state index in [1.165, 1.54) is 11.1 Å². The lowest BCUT2D eigenvalue weighted by Gasteiger charge is -2.26. The van der Waals surface area contributed by atoms with Gasteiger partial charge in [-0.25, -0.2) is 0 Å². The third-order valence-electron chi connectivity index (χ3n) is 4.35. The molecule has 2 aliphatic rings. The van der Waals surface area contributed by atoms with Crippen molar-refractivity contribution in [3.8, 4) is 0 Å². The molecule has 0 spiro atoms. The number of amides is 1. The number of aryl methyl sites for hydroxylation is 1. The minimum absolute atomic E-state index is 0.00621. The number of hydrogen-bond acceptors (Lipinski definition) is 2. The molecule has 96 valence electrons. The van der Waals surface area contributed by atoms with Gasteiger partial charge in [-0.05, 0) is 49.7 Å². The molecular weight excluding hydrogens is 224 g/mol. The molecule has 1 aromatic carbocycles. The van der Waals surface area contributed by atoms with Crippen molar-refractivity contribution in [1.29, 1.82) is 0 Å². The zero-order valence-corrected chi connectivity index (χ0v) is 10.8. The van der Waals surface area contributed by atoms with Crippen LogP contribution in [0.25, 0.3) is 0 Å². The van der Waals surface area contributed by atoms with Crippen molar-refractivity contribution in [3.63, 3.8) is 0 Å². The first-order valence-electron chi connectivity index (χ1n) is 6.76. The van der Waals surface area contributed by atoms with Crippen LogP contribution in [0.3, 0.4) is 0 Å². The molecule has 0 aromatic heterocycles. The lowest BCUT2D eigenvalue weighted by atomic mass is 9.95. The van der Waals surface area contributed by atoms with Crippen molar-refractivity contribution < 1.29 is 4.79 Å².